The summed E-state index contributed by atoms with van der Waals surface area (Å²) in [6.45, 7) is 0. The molecule has 1 fully saturated rings. The summed E-state index contributed by atoms with van der Waals surface area (Å²) < 4.78 is 0.943. The van der Waals surface area contributed by atoms with Crippen LogP contribution in [0.4, 0.5) is 10.5 Å². The van der Waals surface area contributed by atoms with E-state index in [0.717, 1.165) is 4.47 Å². The van der Waals surface area contributed by atoms with E-state index >= 15 is 0 Å². The van der Waals surface area contributed by atoms with Gasteiger partial charge in [0.2, 0.25) is 0 Å². The first-order chi connectivity index (χ1) is 9.04. The minimum absolute atomic E-state index is 0.0588. The van der Waals surface area contributed by atoms with E-state index in [4.69, 9.17) is 5.11 Å². The lowest BCUT2D eigenvalue weighted by Crippen LogP contribution is -2.36. The maximum atomic E-state index is 11.7. The number of carboxylic acids is 1. The molecule has 1 aliphatic carbocycles. The number of hydrogen-bond donors (Lipinski definition) is 3. The number of hydrogen-bond acceptors (Lipinski definition) is 2. The smallest absolute Gasteiger partial charge is 0.319 e. The highest BCUT2D eigenvalue weighted by Gasteiger charge is 2.30. The third-order valence-corrected chi connectivity index (χ3v) is 3.75. The van der Waals surface area contributed by atoms with Crippen LogP contribution in [0.3, 0.4) is 0 Å². The van der Waals surface area contributed by atoms with E-state index in [1.54, 1.807) is 12.1 Å². The second-order valence-electron chi connectivity index (χ2n) is 4.65. The van der Waals surface area contributed by atoms with Gasteiger partial charge in [0, 0.05) is 16.2 Å². The predicted octanol–water partition coefficient (Wildman–Crippen LogP) is 2.82. The maximum Gasteiger partial charge on any atom is 0.319 e. The largest absolute Gasteiger partial charge is 0.481 e. The van der Waals surface area contributed by atoms with Gasteiger partial charge in [0.15, 0.2) is 0 Å². The van der Waals surface area contributed by atoms with Crippen molar-refractivity contribution in [3.63, 3.8) is 0 Å². The normalized spacial score (nSPS) is 21.9. The Morgan fingerprint density at radius 3 is 2.47 bits per heavy atom. The number of carbonyl (C=O) groups is 2. The molecule has 2 amide bonds. The van der Waals surface area contributed by atoms with Gasteiger partial charge in [-0.15, -0.1) is 0 Å². The van der Waals surface area contributed by atoms with Crippen molar-refractivity contribution in [2.24, 2.45) is 5.92 Å². The van der Waals surface area contributed by atoms with Crippen molar-refractivity contribution in [2.75, 3.05) is 5.32 Å². The summed E-state index contributed by atoms with van der Waals surface area (Å²) in [5.41, 5.74) is 0.702. The van der Waals surface area contributed by atoms with Crippen molar-refractivity contribution in [1.82, 2.24) is 5.32 Å². The van der Waals surface area contributed by atoms with Gasteiger partial charge in [0.05, 0.1) is 5.92 Å². The standard InChI is InChI=1S/C13H15BrN2O3/c14-9-2-5-10(6-3-9)15-13(19)16-11-4-1-8(7-11)12(17)18/h2-3,5-6,8,11H,1,4,7H2,(H,17,18)(H2,15,16,19)/t8-,11+/m1/s1. The second-order valence-corrected chi connectivity index (χ2v) is 5.57. The number of rotatable bonds is 3. The van der Waals surface area contributed by atoms with Gasteiger partial charge in [0.25, 0.3) is 0 Å². The number of benzene rings is 1. The van der Waals surface area contributed by atoms with E-state index in [1.807, 2.05) is 12.1 Å². The van der Waals surface area contributed by atoms with Crippen LogP contribution in [0.2, 0.25) is 0 Å². The minimum atomic E-state index is -0.780. The summed E-state index contributed by atoms with van der Waals surface area (Å²) in [7, 11) is 0. The summed E-state index contributed by atoms with van der Waals surface area (Å²) in [4.78, 5) is 22.6. The third-order valence-electron chi connectivity index (χ3n) is 3.22. The van der Waals surface area contributed by atoms with Crippen molar-refractivity contribution >= 4 is 33.6 Å². The zero-order valence-electron chi connectivity index (χ0n) is 10.2. The van der Waals surface area contributed by atoms with Gasteiger partial charge in [-0.1, -0.05) is 15.9 Å². The molecule has 1 saturated carbocycles. The first kappa shape index (κ1) is 13.9. The molecule has 0 aromatic heterocycles. The Hall–Kier alpha value is -1.56. The molecular formula is C13H15BrN2O3. The number of anilines is 1. The molecule has 0 spiro atoms. The molecule has 3 N–H and O–H groups in total. The lowest BCUT2D eigenvalue weighted by atomic mass is 10.1. The first-order valence-corrected chi connectivity index (χ1v) is 6.90. The van der Waals surface area contributed by atoms with Crippen LogP contribution in [0.1, 0.15) is 19.3 Å². The van der Waals surface area contributed by atoms with Gasteiger partial charge < -0.3 is 15.7 Å². The van der Waals surface area contributed by atoms with Gasteiger partial charge in [-0.3, -0.25) is 4.79 Å². The van der Waals surface area contributed by atoms with E-state index in [-0.39, 0.29) is 18.0 Å². The summed E-state index contributed by atoms with van der Waals surface area (Å²) in [5.74, 6) is -1.12. The fraction of sp³-hybridized carbons (Fsp3) is 0.385. The van der Waals surface area contributed by atoms with Gasteiger partial charge in [-0.25, -0.2) is 4.79 Å². The minimum Gasteiger partial charge on any atom is -0.481 e. The molecule has 0 unspecified atom stereocenters. The predicted molar refractivity (Wildman–Crippen MR) is 75.1 cm³/mol. The monoisotopic (exact) mass is 326 g/mol. The number of aliphatic carboxylic acids is 1. The van der Waals surface area contributed by atoms with E-state index in [1.165, 1.54) is 0 Å². The van der Waals surface area contributed by atoms with Crippen LogP contribution >= 0.6 is 15.9 Å². The Morgan fingerprint density at radius 2 is 1.89 bits per heavy atom. The van der Waals surface area contributed by atoms with Gasteiger partial charge >= 0.3 is 12.0 Å². The van der Waals surface area contributed by atoms with Crippen molar-refractivity contribution in [1.29, 1.82) is 0 Å². The van der Waals surface area contributed by atoms with Crippen LogP contribution in [0, 0.1) is 5.92 Å². The van der Waals surface area contributed by atoms with E-state index in [0.29, 0.717) is 24.9 Å². The topological polar surface area (TPSA) is 78.4 Å². The number of carboxylic acid groups (broad SMARTS) is 1. The van der Waals surface area contributed by atoms with Crippen LogP contribution in [-0.4, -0.2) is 23.1 Å². The molecule has 0 bridgehead atoms. The highest BCUT2D eigenvalue weighted by Crippen LogP contribution is 2.25. The summed E-state index contributed by atoms with van der Waals surface area (Å²) in [5, 5.41) is 14.4. The SMILES string of the molecule is O=C(Nc1ccc(Br)cc1)N[C@H]1CC[C@@H](C(=O)O)C1. The zero-order valence-corrected chi connectivity index (χ0v) is 11.8. The molecule has 2 atom stereocenters. The van der Waals surface area contributed by atoms with Crippen LogP contribution in [-0.2, 0) is 4.79 Å². The molecule has 0 aliphatic heterocycles. The van der Waals surface area contributed by atoms with Gasteiger partial charge in [-0.05, 0) is 43.5 Å². The van der Waals surface area contributed by atoms with Gasteiger partial charge in [-0.2, -0.15) is 0 Å². The number of amides is 2. The third kappa shape index (κ3) is 3.96. The maximum absolute atomic E-state index is 11.7. The van der Waals surface area contributed by atoms with Crippen molar-refractivity contribution in [3.8, 4) is 0 Å². The molecule has 0 saturated heterocycles. The summed E-state index contributed by atoms with van der Waals surface area (Å²) in [6.07, 6.45) is 1.84. The number of urea groups is 1. The molecule has 102 valence electrons. The molecule has 1 aromatic carbocycles. The highest BCUT2D eigenvalue weighted by atomic mass is 79.9. The molecule has 19 heavy (non-hydrogen) atoms. The second kappa shape index (κ2) is 6.06. The lowest BCUT2D eigenvalue weighted by molar-refractivity contribution is -0.141. The average molecular weight is 327 g/mol. The molecule has 0 radical (unpaired) electrons. The molecule has 5 nitrogen and oxygen atoms in total. The van der Waals surface area contributed by atoms with Crippen LogP contribution in [0.25, 0.3) is 0 Å². The van der Waals surface area contributed by atoms with Crippen LogP contribution < -0.4 is 10.6 Å². The van der Waals surface area contributed by atoms with Gasteiger partial charge in [0.1, 0.15) is 0 Å². The van der Waals surface area contributed by atoms with E-state index < -0.39 is 5.97 Å². The van der Waals surface area contributed by atoms with E-state index in [9.17, 15) is 9.59 Å². The quantitative estimate of drug-likeness (QED) is 0.799. The number of carbonyl (C=O) groups excluding carboxylic acids is 1. The highest BCUT2D eigenvalue weighted by molar-refractivity contribution is 9.10. The van der Waals surface area contributed by atoms with Crippen LogP contribution in [0.5, 0.6) is 0 Å². The zero-order chi connectivity index (χ0) is 13.8. The lowest BCUT2D eigenvalue weighted by Gasteiger charge is -2.13. The fourth-order valence-electron chi connectivity index (χ4n) is 2.22. The summed E-state index contributed by atoms with van der Waals surface area (Å²) >= 11 is 3.32. The fourth-order valence-corrected chi connectivity index (χ4v) is 2.49. The Kier molecular flexibility index (Phi) is 4.42. The molecule has 0 heterocycles. The van der Waals surface area contributed by atoms with Crippen molar-refractivity contribution < 1.29 is 14.7 Å². The number of nitrogens with one attached hydrogen (secondary N) is 2. The average Bonchev–Trinajstić information content (AvgIpc) is 2.80. The molecule has 1 aromatic rings. The summed E-state index contributed by atoms with van der Waals surface area (Å²) in [6, 6.07) is 6.91. The first-order valence-electron chi connectivity index (χ1n) is 6.10. The Bertz CT molecular complexity index is 475. The molecule has 2 rings (SSSR count). The van der Waals surface area contributed by atoms with E-state index in [2.05, 4.69) is 26.6 Å². The van der Waals surface area contributed by atoms with Crippen molar-refractivity contribution in [2.45, 2.75) is 25.3 Å². The Labute approximate surface area is 119 Å². The van der Waals surface area contributed by atoms with Crippen molar-refractivity contribution in [3.05, 3.63) is 28.7 Å². The molecular weight excluding hydrogens is 312 g/mol. The Morgan fingerprint density at radius 1 is 1.21 bits per heavy atom. The molecule has 6 heteroatoms. The number of halogens is 1. The Balaban J connectivity index is 1.82. The molecule has 1 aliphatic rings. The van der Waals surface area contributed by atoms with Crippen LogP contribution in [0.15, 0.2) is 28.7 Å².